The van der Waals surface area contributed by atoms with E-state index < -0.39 is 63.5 Å². The summed E-state index contributed by atoms with van der Waals surface area (Å²) in [6, 6.07) is 2.55. The number of aromatic carboxylic acids is 2. The lowest BCUT2D eigenvalue weighted by atomic mass is 9.69. The number of carboxylic acids is 2. The second-order valence-electron chi connectivity index (χ2n) is 5.76. The van der Waals surface area contributed by atoms with Gasteiger partial charge in [-0.05, 0) is 23.3 Å². The Morgan fingerprint density at radius 3 is 1.21 bits per heavy atom. The fraction of sp³-hybridized carbons (Fsp3) is 0.176. The monoisotopic (exact) mass is 424 g/mol. The fourth-order valence-electron chi connectivity index (χ4n) is 3.07. The third kappa shape index (κ3) is 3.19. The highest BCUT2D eigenvalue weighted by Crippen LogP contribution is 2.58. The van der Waals surface area contributed by atoms with Gasteiger partial charge in [0, 0.05) is 0 Å². The Labute approximate surface area is 157 Å². The highest BCUT2D eigenvalue weighted by Gasteiger charge is 2.74. The zero-order valence-electron chi connectivity index (χ0n) is 13.8. The maximum Gasteiger partial charge on any atom is 0.411 e. The average Bonchev–Trinajstić information content (AvgIpc) is 2.52. The number of hydrogen-bond acceptors (Lipinski definition) is 4. The largest absolute Gasteiger partial charge is 0.507 e. The maximum atomic E-state index is 14.1. The first-order chi connectivity index (χ1) is 13.2. The number of halogens is 6. The predicted molar refractivity (Wildman–Crippen MR) is 83.0 cm³/mol. The number of hydrogen-bond donors (Lipinski definition) is 4. The topological polar surface area (TPSA) is 115 Å². The van der Waals surface area contributed by atoms with Gasteiger partial charge in [-0.1, -0.05) is 24.3 Å². The lowest BCUT2D eigenvalue weighted by Gasteiger charge is -2.39. The molecule has 0 aliphatic rings. The van der Waals surface area contributed by atoms with Crippen LogP contribution in [-0.4, -0.2) is 44.7 Å². The second kappa shape index (κ2) is 6.87. The van der Waals surface area contributed by atoms with Gasteiger partial charge in [-0.25, -0.2) is 9.59 Å². The van der Waals surface area contributed by atoms with Crippen molar-refractivity contribution < 1.29 is 56.4 Å². The van der Waals surface area contributed by atoms with Gasteiger partial charge in [0.1, 0.15) is 22.6 Å². The van der Waals surface area contributed by atoms with Crippen molar-refractivity contribution in [2.75, 3.05) is 0 Å². The molecule has 29 heavy (non-hydrogen) atoms. The van der Waals surface area contributed by atoms with E-state index in [1.165, 1.54) is 0 Å². The normalized spacial score (nSPS) is 12.6. The molecule has 0 heterocycles. The predicted octanol–water partition coefficient (Wildman–Crippen LogP) is 3.90. The number of phenols is 2. The average molecular weight is 424 g/mol. The highest BCUT2D eigenvalue weighted by atomic mass is 19.4. The second-order valence-corrected chi connectivity index (χ2v) is 5.76. The van der Waals surface area contributed by atoms with Crippen molar-refractivity contribution in [3.63, 3.8) is 0 Å². The lowest BCUT2D eigenvalue weighted by molar-refractivity contribution is -0.288. The molecule has 4 N–H and O–H groups in total. The summed E-state index contributed by atoms with van der Waals surface area (Å²) in [7, 11) is 0. The van der Waals surface area contributed by atoms with Crippen molar-refractivity contribution in [3.05, 3.63) is 58.7 Å². The molecule has 0 saturated heterocycles. The molecular formula is C17H10F6O6. The number of carbonyl (C=O) groups is 2. The Morgan fingerprint density at radius 2 is 0.966 bits per heavy atom. The summed E-state index contributed by atoms with van der Waals surface area (Å²) in [5.41, 5.74) is -12.6. The SMILES string of the molecule is O=C(O)c1c(O)cccc1C(c1cccc(O)c1C(=O)O)(C(F)(F)F)C(F)(F)F. The summed E-state index contributed by atoms with van der Waals surface area (Å²) in [6.07, 6.45) is -12.7. The summed E-state index contributed by atoms with van der Waals surface area (Å²) >= 11 is 0. The van der Waals surface area contributed by atoms with Crippen LogP contribution < -0.4 is 0 Å². The summed E-state index contributed by atoms with van der Waals surface area (Å²) in [5, 5.41) is 37.6. The number of alkyl halides is 6. The molecular weight excluding hydrogens is 414 g/mol. The van der Waals surface area contributed by atoms with Crippen molar-refractivity contribution in [2.45, 2.75) is 17.8 Å². The first-order valence-electron chi connectivity index (χ1n) is 7.42. The van der Waals surface area contributed by atoms with Crippen molar-refractivity contribution in [1.82, 2.24) is 0 Å². The zero-order chi connectivity index (χ0) is 22.4. The quantitative estimate of drug-likeness (QED) is 0.554. The number of aromatic hydroxyl groups is 2. The number of benzene rings is 2. The van der Waals surface area contributed by atoms with Crippen LogP contribution in [0.1, 0.15) is 31.8 Å². The number of rotatable bonds is 4. The van der Waals surface area contributed by atoms with E-state index >= 15 is 0 Å². The molecule has 0 fully saturated rings. The van der Waals surface area contributed by atoms with Crippen molar-refractivity contribution in [3.8, 4) is 11.5 Å². The van der Waals surface area contributed by atoms with Crippen molar-refractivity contribution in [1.29, 1.82) is 0 Å². The van der Waals surface area contributed by atoms with Crippen LogP contribution in [0.15, 0.2) is 36.4 Å². The number of carboxylic acid groups (broad SMARTS) is 2. The summed E-state index contributed by atoms with van der Waals surface area (Å²) in [6.45, 7) is 0. The molecule has 2 rings (SSSR count). The van der Waals surface area contributed by atoms with E-state index in [0.29, 0.717) is 24.3 Å². The van der Waals surface area contributed by atoms with E-state index in [1.807, 2.05) is 0 Å². The standard InChI is InChI=1S/C17H10F6O6/c18-16(19,20)15(17(21,22)23,7-3-1-5-9(24)11(7)13(26)27)8-4-2-6-10(25)12(8)14(28)29/h1-6,24-25H,(H,26,27)(H,28,29). The molecule has 0 aliphatic heterocycles. The van der Waals surface area contributed by atoms with E-state index in [1.54, 1.807) is 0 Å². The minimum atomic E-state index is -6.33. The zero-order valence-corrected chi connectivity index (χ0v) is 13.8. The minimum absolute atomic E-state index is 0.166. The third-order valence-corrected chi connectivity index (χ3v) is 4.17. The van der Waals surface area contributed by atoms with Gasteiger partial charge in [-0.3, -0.25) is 0 Å². The molecule has 2 aromatic carbocycles. The molecule has 0 unspecified atom stereocenters. The smallest absolute Gasteiger partial charge is 0.411 e. The molecule has 0 amide bonds. The molecule has 0 radical (unpaired) electrons. The van der Waals surface area contributed by atoms with Gasteiger partial charge in [0.05, 0.1) is 0 Å². The van der Waals surface area contributed by atoms with E-state index in [2.05, 4.69) is 0 Å². The van der Waals surface area contributed by atoms with Crippen LogP contribution >= 0.6 is 0 Å². The van der Waals surface area contributed by atoms with Gasteiger partial charge >= 0.3 is 24.3 Å². The van der Waals surface area contributed by atoms with Crippen LogP contribution in [-0.2, 0) is 5.41 Å². The fourth-order valence-corrected chi connectivity index (χ4v) is 3.07. The molecule has 2 aromatic rings. The van der Waals surface area contributed by atoms with E-state index in [4.69, 9.17) is 10.2 Å². The molecule has 6 nitrogen and oxygen atoms in total. The van der Waals surface area contributed by atoms with Gasteiger partial charge in [-0.15, -0.1) is 0 Å². The summed E-state index contributed by atoms with van der Waals surface area (Å²) in [4.78, 5) is 22.8. The minimum Gasteiger partial charge on any atom is -0.507 e. The summed E-state index contributed by atoms with van der Waals surface area (Å²) < 4.78 is 84.7. The van der Waals surface area contributed by atoms with Crippen LogP contribution in [0.5, 0.6) is 11.5 Å². The Bertz CT molecular complexity index is 900. The van der Waals surface area contributed by atoms with Gasteiger partial charge in [-0.2, -0.15) is 26.3 Å². The van der Waals surface area contributed by atoms with E-state index in [0.717, 1.165) is 0 Å². The maximum absolute atomic E-state index is 14.1. The van der Waals surface area contributed by atoms with Crippen LogP contribution in [0, 0.1) is 0 Å². The molecule has 0 atom stereocenters. The van der Waals surface area contributed by atoms with Gasteiger partial charge in [0.15, 0.2) is 0 Å². The van der Waals surface area contributed by atoms with Crippen LogP contribution in [0.25, 0.3) is 0 Å². The Morgan fingerprint density at radius 1 is 0.655 bits per heavy atom. The molecule has 156 valence electrons. The Kier molecular flexibility index (Phi) is 5.17. The summed E-state index contributed by atoms with van der Waals surface area (Å²) in [5.74, 6) is -7.42. The molecule has 0 aromatic heterocycles. The van der Waals surface area contributed by atoms with Gasteiger partial charge in [0.2, 0.25) is 5.41 Å². The Hall–Kier alpha value is -3.44. The molecule has 0 spiro atoms. The van der Waals surface area contributed by atoms with E-state index in [9.17, 15) is 46.1 Å². The van der Waals surface area contributed by atoms with Crippen LogP contribution in [0.3, 0.4) is 0 Å². The van der Waals surface area contributed by atoms with Gasteiger partial charge < -0.3 is 20.4 Å². The van der Waals surface area contributed by atoms with Crippen LogP contribution in [0.4, 0.5) is 26.3 Å². The highest BCUT2D eigenvalue weighted by molar-refractivity contribution is 5.96. The molecule has 0 aliphatic carbocycles. The van der Waals surface area contributed by atoms with Crippen LogP contribution in [0.2, 0.25) is 0 Å². The van der Waals surface area contributed by atoms with Crippen molar-refractivity contribution in [2.24, 2.45) is 0 Å². The molecule has 0 bridgehead atoms. The van der Waals surface area contributed by atoms with Gasteiger partial charge in [0.25, 0.3) is 0 Å². The third-order valence-electron chi connectivity index (χ3n) is 4.17. The first kappa shape index (κ1) is 21.9. The Balaban J connectivity index is 3.25. The molecule has 0 saturated carbocycles. The molecule has 12 heteroatoms. The lowest BCUT2D eigenvalue weighted by Crippen LogP contribution is -2.56. The van der Waals surface area contributed by atoms with E-state index in [-0.39, 0.29) is 12.1 Å². The first-order valence-corrected chi connectivity index (χ1v) is 7.42. The van der Waals surface area contributed by atoms with Crippen molar-refractivity contribution >= 4 is 11.9 Å².